The van der Waals surface area contributed by atoms with Gasteiger partial charge in [0.2, 0.25) is 0 Å². The van der Waals surface area contributed by atoms with Gasteiger partial charge in [-0.15, -0.1) is 0 Å². The van der Waals surface area contributed by atoms with Gasteiger partial charge in [-0.2, -0.15) is 0 Å². The van der Waals surface area contributed by atoms with Crippen LogP contribution >= 0.6 is 0 Å². The fourth-order valence-electron chi connectivity index (χ4n) is 0.953. The van der Waals surface area contributed by atoms with Crippen molar-refractivity contribution in [2.24, 2.45) is 0 Å². The molecule has 3 heteroatoms. The predicted molar refractivity (Wildman–Crippen MR) is 30.8 cm³/mol. The minimum atomic E-state index is -0.567. The van der Waals surface area contributed by atoms with Gasteiger partial charge in [0.15, 0.2) is 0 Å². The lowest BCUT2D eigenvalue weighted by Crippen LogP contribution is -2.18. The molecule has 0 aliphatic carbocycles. The summed E-state index contributed by atoms with van der Waals surface area (Å²) in [4.78, 5) is 10.4. The van der Waals surface area contributed by atoms with Crippen LogP contribution in [0.15, 0.2) is 0 Å². The number of carbonyl (C=O) groups is 1. The number of carbonyl (C=O) groups excluding carboxylic acids is 1. The number of cyclic esters (lactones) is 1. The summed E-state index contributed by atoms with van der Waals surface area (Å²) >= 11 is 0. The van der Waals surface area contributed by atoms with E-state index in [0.29, 0.717) is 6.42 Å². The first-order valence-corrected chi connectivity index (χ1v) is 3.11. The minimum Gasteiger partial charge on any atom is -0.460 e. The van der Waals surface area contributed by atoms with Crippen LogP contribution in [0.5, 0.6) is 0 Å². The molecule has 0 saturated carbocycles. The zero-order valence-corrected chi connectivity index (χ0v) is 5.33. The van der Waals surface area contributed by atoms with Crippen molar-refractivity contribution in [1.82, 2.24) is 0 Å². The topological polar surface area (TPSA) is 46.5 Å². The number of hydrogen-bond donors (Lipinski definition) is 1. The Kier molecular flexibility index (Phi) is 1.71. The third kappa shape index (κ3) is 1.21. The van der Waals surface area contributed by atoms with Crippen molar-refractivity contribution in [3.63, 3.8) is 0 Å². The highest BCUT2D eigenvalue weighted by molar-refractivity contribution is 5.72. The Morgan fingerprint density at radius 2 is 2.56 bits per heavy atom. The molecule has 0 aromatic rings. The van der Waals surface area contributed by atoms with E-state index >= 15 is 0 Å². The lowest BCUT2D eigenvalue weighted by molar-refractivity contribution is -0.141. The van der Waals surface area contributed by atoms with Crippen LogP contribution in [0.3, 0.4) is 0 Å². The highest BCUT2D eigenvalue weighted by Gasteiger charge is 2.31. The van der Waals surface area contributed by atoms with E-state index in [1.165, 1.54) is 0 Å². The number of ether oxygens (including phenoxy) is 1. The molecule has 52 valence electrons. The third-order valence-electron chi connectivity index (χ3n) is 1.49. The standard InChI is InChI=1S/C6H10O3/c1-2-5-4(7)3-6(8)9-5/h4-5,7H,2-3H2,1H3. The molecule has 0 amide bonds. The fraction of sp³-hybridized carbons (Fsp3) is 0.833. The van der Waals surface area contributed by atoms with Gasteiger partial charge in [0.1, 0.15) is 12.2 Å². The normalized spacial score (nSPS) is 34.7. The van der Waals surface area contributed by atoms with E-state index in [9.17, 15) is 4.79 Å². The molecular weight excluding hydrogens is 120 g/mol. The molecule has 1 N–H and O–H groups in total. The molecule has 1 fully saturated rings. The van der Waals surface area contributed by atoms with Crippen LogP contribution < -0.4 is 0 Å². The van der Waals surface area contributed by atoms with E-state index in [1.807, 2.05) is 6.92 Å². The molecule has 0 aromatic heterocycles. The van der Waals surface area contributed by atoms with E-state index in [4.69, 9.17) is 9.84 Å². The molecular formula is C6H10O3. The lowest BCUT2D eigenvalue weighted by Gasteiger charge is -2.07. The van der Waals surface area contributed by atoms with E-state index in [1.54, 1.807) is 0 Å². The summed E-state index contributed by atoms with van der Waals surface area (Å²) in [6, 6.07) is 0. The molecule has 0 radical (unpaired) electrons. The highest BCUT2D eigenvalue weighted by atomic mass is 16.6. The Morgan fingerprint density at radius 3 is 2.78 bits per heavy atom. The van der Waals surface area contributed by atoms with Crippen LogP contribution in [0.2, 0.25) is 0 Å². The molecule has 3 nitrogen and oxygen atoms in total. The van der Waals surface area contributed by atoms with Gasteiger partial charge < -0.3 is 9.84 Å². The van der Waals surface area contributed by atoms with Crippen molar-refractivity contribution in [3.8, 4) is 0 Å². The smallest absolute Gasteiger partial charge is 0.308 e. The maximum Gasteiger partial charge on any atom is 0.308 e. The monoisotopic (exact) mass is 130 g/mol. The van der Waals surface area contributed by atoms with Gasteiger partial charge in [0.25, 0.3) is 0 Å². The molecule has 1 heterocycles. The lowest BCUT2D eigenvalue weighted by atomic mass is 10.1. The van der Waals surface area contributed by atoms with Crippen molar-refractivity contribution in [2.75, 3.05) is 0 Å². The van der Waals surface area contributed by atoms with Crippen molar-refractivity contribution in [1.29, 1.82) is 0 Å². The number of aliphatic hydroxyl groups excluding tert-OH is 1. The second-order valence-electron chi connectivity index (χ2n) is 2.21. The van der Waals surface area contributed by atoms with Gasteiger partial charge in [-0.1, -0.05) is 6.92 Å². The first-order chi connectivity index (χ1) is 4.24. The van der Waals surface area contributed by atoms with E-state index in [2.05, 4.69) is 0 Å². The number of esters is 1. The summed E-state index contributed by atoms with van der Waals surface area (Å²) in [7, 11) is 0. The zero-order chi connectivity index (χ0) is 6.85. The molecule has 2 unspecified atom stereocenters. The molecule has 0 spiro atoms. The van der Waals surface area contributed by atoms with Crippen molar-refractivity contribution >= 4 is 5.97 Å². The van der Waals surface area contributed by atoms with E-state index in [0.717, 1.165) is 0 Å². The SMILES string of the molecule is CCC1OC(=O)CC1O. The van der Waals surface area contributed by atoms with Gasteiger partial charge in [0, 0.05) is 0 Å². The number of aliphatic hydroxyl groups is 1. The van der Waals surface area contributed by atoms with Gasteiger partial charge in [-0.25, -0.2) is 0 Å². The van der Waals surface area contributed by atoms with Crippen LogP contribution in [0.25, 0.3) is 0 Å². The van der Waals surface area contributed by atoms with Crippen molar-refractivity contribution < 1.29 is 14.6 Å². The average molecular weight is 130 g/mol. The summed E-state index contributed by atoms with van der Waals surface area (Å²) in [6.45, 7) is 1.88. The second-order valence-corrected chi connectivity index (χ2v) is 2.21. The molecule has 1 rings (SSSR count). The molecule has 1 saturated heterocycles. The summed E-state index contributed by atoms with van der Waals surface area (Å²) in [5, 5.41) is 9.01. The molecule has 9 heavy (non-hydrogen) atoms. The van der Waals surface area contributed by atoms with Gasteiger partial charge in [-0.05, 0) is 6.42 Å². The largest absolute Gasteiger partial charge is 0.460 e. The summed E-state index contributed by atoms with van der Waals surface area (Å²) in [5.41, 5.74) is 0. The van der Waals surface area contributed by atoms with Crippen LogP contribution in [-0.2, 0) is 9.53 Å². The molecule has 0 bridgehead atoms. The Balaban J connectivity index is 2.47. The maximum atomic E-state index is 10.4. The quantitative estimate of drug-likeness (QED) is 0.511. The zero-order valence-electron chi connectivity index (χ0n) is 5.33. The van der Waals surface area contributed by atoms with Crippen molar-refractivity contribution in [3.05, 3.63) is 0 Å². The summed E-state index contributed by atoms with van der Waals surface area (Å²) in [6.07, 6.45) is 0.0470. The Labute approximate surface area is 53.6 Å². The second kappa shape index (κ2) is 2.35. The van der Waals surface area contributed by atoms with Crippen LogP contribution in [0, 0.1) is 0 Å². The van der Waals surface area contributed by atoms with Crippen LogP contribution in [0.1, 0.15) is 19.8 Å². The Bertz CT molecular complexity index is 121. The third-order valence-corrected chi connectivity index (χ3v) is 1.49. The van der Waals surface area contributed by atoms with Crippen LogP contribution in [0.4, 0.5) is 0 Å². The summed E-state index contributed by atoms with van der Waals surface area (Å²) in [5.74, 6) is -0.283. The minimum absolute atomic E-state index is 0.165. The van der Waals surface area contributed by atoms with Gasteiger partial charge in [-0.3, -0.25) is 4.79 Å². The average Bonchev–Trinajstić information content (AvgIpc) is 2.10. The van der Waals surface area contributed by atoms with Gasteiger partial charge >= 0.3 is 5.97 Å². The first-order valence-electron chi connectivity index (χ1n) is 3.11. The fourth-order valence-corrected chi connectivity index (χ4v) is 0.953. The van der Waals surface area contributed by atoms with E-state index < -0.39 is 6.10 Å². The first kappa shape index (κ1) is 6.55. The molecule has 2 atom stereocenters. The van der Waals surface area contributed by atoms with Crippen molar-refractivity contribution in [2.45, 2.75) is 32.0 Å². The Hall–Kier alpha value is -0.570. The van der Waals surface area contributed by atoms with Gasteiger partial charge in [0.05, 0.1) is 6.42 Å². The maximum absolute atomic E-state index is 10.4. The van der Waals surface area contributed by atoms with E-state index in [-0.39, 0.29) is 18.5 Å². The summed E-state index contributed by atoms with van der Waals surface area (Å²) < 4.78 is 4.73. The Morgan fingerprint density at radius 1 is 1.89 bits per heavy atom. The molecule has 1 aliphatic heterocycles. The number of hydrogen-bond acceptors (Lipinski definition) is 3. The predicted octanol–water partition coefficient (Wildman–Crippen LogP) is 0.0728. The highest BCUT2D eigenvalue weighted by Crippen LogP contribution is 2.16. The number of rotatable bonds is 1. The van der Waals surface area contributed by atoms with Crippen LogP contribution in [-0.4, -0.2) is 23.3 Å². The molecule has 0 aromatic carbocycles. The molecule has 1 aliphatic rings.